The zero-order valence-corrected chi connectivity index (χ0v) is 17.4. The smallest absolute Gasteiger partial charge is 0.410 e. The number of benzene rings is 1. The Morgan fingerprint density at radius 1 is 1.32 bits per heavy atom. The Bertz CT molecular complexity index is 896. The van der Waals surface area contributed by atoms with Crippen molar-refractivity contribution in [3.8, 4) is 0 Å². The molecular formula is C18H22Cl2N6O2. The van der Waals surface area contributed by atoms with Gasteiger partial charge in [-0.25, -0.2) is 9.89 Å². The van der Waals surface area contributed by atoms with E-state index in [2.05, 4.69) is 20.5 Å². The lowest BCUT2D eigenvalue weighted by Gasteiger charge is -2.30. The minimum Gasteiger partial charge on any atom is -0.444 e. The maximum absolute atomic E-state index is 12.2. The summed E-state index contributed by atoms with van der Waals surface area (Å²) in [5.41, 5.74) is 7.38. The number of aromatic amines is 1. The Kier molecular flexibility index (Phi) is 5.71. The van der Waals surface area contributed by atoms with Crippen molar-refractivity contribution in [1.29, 1.82) is 0 Å². The first-order chi connectivity index (χ1) is 13.1. The third-order valence-electron chi connectivity index (χ3n) is 3.98. The SMILES string of the molecule is CC(C)(C)OC(=O)N1CC=C(c2c(Cl)cc(Nc3n[nH]c(N)n3)cc2Cl)CC1. The van der Waals surface area contributed by atoms with Gasteiger partial charge in [0.2, 0.25) is 11.9 Å². The van der Waals surface area contributed by atoms with E-state index in [9.17, 15) is 4.79 Å². The number of anilines is 3. The molecular weight excluding hydrogens is 403 g/mol. The predicted molar refractivity (Wildman–Crippen MR) is 111 cm³/mol. The van der Waals surface area contributed by atoms with Gasteiger partial charge in [0.05, 0.1) is 10.0 Å². The van der Waals surface area contributed by atoms with Crippen LogP contribution >= 0.6 is 23.2 Å². The molecule has 1 aliphatic rings. The summed E-state index contributed by atoms with van der Waals surface area (Å²) in [5.74, 6) is 0.528. The van der Waals surface area contributed by atoms with Gasteiger partial charge in [-0.1, -0.05) is 29.3 Å². The molecule has 1 amide bonds. The van der Waals surface area contributed by atoms with Crippen LogP contribution in [0.5, 0.6) is 0 Å². The van der Waals surface area contributed by atoms with Gasteiger partial charge in [-0.15, -0.1) is 5.10 Å². The van der Waals surface area contributed by atoms with E-state index in [1.807, 2.05) is 26.8 Å². The van der Waals surface area contributed by atoms with Gasteiger partial charge in [0.1, 0.15) is 5.60 Å². The number of hydrogen-bond acceptors (Lipinski definition) is 6. The Hall–Kier alpha value is -2.45. The number of nitrogens with zero attached hydrogens (tertiary/aromatic N) is 3. The molecule has 1 aromatic carbocycles. The maximum atomic E-state index is 12.2. The van der Waals surface area contributed by atoms with E-state index < -0.39 is 5.60 Å². The average Bonchev–Trinajstić information content (AvgIpc) is 2.98. The highest BCUT2D eigenvalue weighted by Crippen LogP contribution is 2.37. The number of nitrogen functional groups attached to an aromatic ring is 1. The van der Waals surface area contributed by atoms with E-state index in [1.165, 1.54) is 0 Å². The predicted octanol–water partition coefficient (Wildman–Crippen LogP) is 4.46. The lowest BCUT2D eigenvalue weighted by molar-refractivity contribution is 0.0270. The summed E-state index contributed by atoms with van der Waals surface area (Å²) >= 11 is 13.0. The summed E-state index contributed by atoms with van der Waals surface area (Å²) in [4.78, 5) is 17.8. The molecule has 0 unspecified atom stereocenters. The van der Waals surface area contributed by atoms with Crippen LogP contribution in [-0.4, -0.2) is 44.9 Å². The number of amides is 1. The van der Waals surface area contributed by atoms with Crippen LogP contribution in [0.3, 0.4) is 0 Å². The van der Waals surface area contributed by atoms with Crippen LogP contribution in [0.25, 0.3) is 5.57 Å². The number of rotatable bonds is 3. The number of halogens is 2. The van der Waals surface area contributed by atoms with E-state index in [0.29, 0.717) is 41.2 Å². The van der Waals surface area contributed by atoms with Crippen molar-refractivity contribution in [2.24, 2.45) is 0 Å². The molecule has 10 heteroatoms. The number of ether oxygens (including phenoxy) is 1. The molecule has 0 saturated carbocycles. The van der Waals surface area contributed by atoms with Crippen molar-refractivity contribution < 1.29 is 9.53 Å². The van der Waals surface area contributed by atoms with Gasteiger partial charge in [0.25, 0.3) is 0 Å². The Labute approximate surface area is 173 Å². The van der Waals surface area contributed by atoms with Crippen molar-refractivity contribution in [1.82, 2.24) is 20.1 Å². The van der Waals surface area contributed by atoms with E-state index in [4.69, 9.17) is 33.7 Å². The molecule has 150 valence electrons. The summed E-state index contributed by atoms with van der Waals surface area (Å²) in [6, 6.07) is 3.49. The number of nitrogens with one attached hydrogen (secondary N) is 2. The summed E-state index contributed by atoms with van der Waals surface area (Å²) in [5, 5.41) is 10.4. The largest absolute Gasteiger partial charge is 0.444 e. The Morgan fingerprint density at radius 2 is 2.00 bits per heavy atom. The van der Waals surface area contributed by atoms with Gasteiger partial charge in [0, 0.05) is 24.3 Å². The quantitative estimate of drug-likeness (QED) is 0.670. The van der Waals surface area contributed by atoms with Gasteiger partial charge >= 0.3 is 6.09 Å². The summed E-state index contributed by atoms with van der Waals surface area (Å²) in [7, 11) is 0. The molecule has 1 aliphatic heterocycles. The molecule has 0 saturated heterocycles. The van der Waals surface area contributed by atoms with Crippen molar-refractivity contribution in [2.45, 2.75) is 32.8 Å². The van der Waals surface area contributed by atoms with Gasteiger partial charge in [0.15, 0.2) is 0 Å². The molecule has 4 N–H and O–H groups in total. The fraction of sp³-hybridized carbons (Fsp3) is 0.389. The molecule has 0 bridgehead atoms. The van der Waals surface area contributed by atoms with Crippen molar-refractivity contribution >= 4 is 52.5 Å². The highest BCUT2D eigenvalue weighted by Gasteiger charge is 2.25. The first-order valence-electron chi connectivity index (χ1n) is 8.73. The molecule has 0 spiro atoms. The Balaban J connectivity index is 1.74. The fourth-order valence-corrected chi connectivity index (χ4v) is 3.53. The van der Waals surface area contributed by atoms with Crippen LogP contribution in [0, 0.1) is 0 Å². The van der Waals surface area contributed by atoms with Crippen LogP contribution < -0.4 is 11.1 Å². The van der Waals surface area contributed by atoms with Crippen molar-refractivity contribution in [2.75, 3.05) is 24.1 Å². The lowest BCUT2D eigenvalue weighted by atomic mass is 9.99. The lowest BCUT2D eigenvalue weighted by Crippen LogP contribution is -2.39. The molecule has 0 radical (unpaired) electrons. The minimum absolute atomic E-state index is 0.207. The molecule has 2 heterocycles. The van der Waals surface area contributed by atoms with E-state index >= 15 is 0 Å². The van der Waals surface area contributed by atoms with Crippen LogP contribution in [0.4, 0.5) is 22.4 Å². The highest BCUT2D eigenvalue weighted by atomic mass is 35.5. The van der Waals surface area contributed by atoms with Gasteiger partial charge < -0.3 is 20.7 Å². The maximum Gasteiger partial charge on any atom is 0.410 e. The molecule has 8 nitrogen and oxygen atoms in total. The van der Waals surface area contributed by atoms with Crippen LogP contribution in [0.15, 0.2) is 18.2 Å². The highest BCUT2D eigenvalue weighted by molar-refractivity contribution is 6.38. The number of nitrogens with two attached hydrogens (primary N) is 1. The number of aromatic nitrogens is 3. The van der Waals surface area contributed by atoms with Crippen molar-refractivity contribution in [3.63, 3.8) is 0 Å². The number of carbonyl (C=O) groups excluding carboxylic acids is 1. The molecule has 28 heavy (non-hydrogen) atoms. The molecule has 3 rings (SSSR count). The monoisotopic (exact) mass is 424 g/mol. The number of carbonyl (C=O) groups is 1. The molecule has 2 aromatic rings. The van der Waals surface area contributed by atoms with Crippen LogP contribution in [0.1, 0.15) is 32.8 Å². The van der Waals surface area contributed by atoms with Gasteiger partial charge in [-0.05, 0) is 44.9 Å². The number of H-pyrrole nitrogens is 1. The second-order valence-corrected chi connectivity index (χ2v) is 8.20. The summed E-state index contributed by atoms with van der Waals surface area (Å²) < 4.78 is 5.41. The second-order valence-electron chi connectivity index (χ2n) is 7.39. The third-order valence-corrected chi connectivity index (χ3v) is 4.58. The number of hydrogen-bond donors (Lipinski definition) is 3. The van der Waals surface area contributed by atoms with E-state index in [1.54, 1.807) is 17.0 Å². The first-order valence-corrected chi connectivity index (χ1v) is 9.49. The molecule has 0 aliphatic carbocycles. The van der Waals surface area contributed by atoms with E-state index in [-0.39, 0.29) is 12.0 Å². The zero-order chi connectivity index (χ0) is 20.5. The second kappa shape index (κ2) is 7.89. The topological polar surface area (TPSA) is 109 Å². The third kappa shape index (κ3) is 4.88. The average molecular weight is 425 g/mol. The molecule has 0 atom stereocenters. The van der Waals surface area contributed by atoms with Crippen molar-refractivity contribution in [3.05, 3.63) is 33.8 Å². The zero-order valence-electron chi connectivity index (χ0n) is 15.8. The fourth-order valence-electron chi connectivity index (χ4n) is 2.80. The molecule has 1 aromatic heterocycles. The Morgan fingerprint density at radius 3 is 2.50 bits per heavy atom. The molecule has 0 fully saturated rings. The van der Waals surface area contributed by atoms with E-state index in [0.717, 1.165) is 11.1 Å². The first kappa shape index (κ1) is 20.3. The van der Waals surface area contributed by atoms with Gasteiger partial charge in [-0.3, -0.25) is 0 Å². The van der Waals surface area contributed by atoms with Crippen LogP contribution in [-0.2, 0) is 4.74 Å². The standard InChI is InChI=1S/C18H22Cl2N6O2/c1-18(2,3)28-17(27)26-6-4-10(5-7-26)14-12(19)8-11(9-13(14)20)22-16-23-15(21)24-25-16/h4,8-9H,5-7H2,1-3H3,(H4,21,22,23,24,25). The summed E-state index contributed by atoms with van der Waals surface area (Å²) in [6.45, 7) is 6.51. The van der Waals surface area contributed by atoms with Gasteiger partial charge in [-0.2, -0.15) is 4.98 Å². The normalized spacial score (nSPS) is 14.6. The summed E-state index contributed by atoms with van der Waals surface area (Å²) in [6.07, 6.45) is 2.25. The minimum atomic E-state index is -0.523. The van der Waals surface area contributed by atoms with Crippen LogP contribution in [0.2, 0.25) is 10.0 Å².